The van der Waals surface area contributed by atoms with Crippen molar-refractivity contribution < 1.29 is 0 Å². The van der Waals surface area contributed by atoms with Gasteiger partial charge in [0.2, 0.25) is 0 Å². The van der Waals surface area contributed by atoms with E-state index >= 15 is 0 Å². The molecule has 0 aliphatic carbocycles. The van der Waals surface area contributed by atoms with Gasteiger partial charge in [0.25, 0.3) is 0 Å². The lowest BCUT2D eigenvalue weighted by atomic mass is 10.1. The van der Waals surface area contributed by atoms with Crippen molar-refractivity contribution in [1.29, 1.82) is 0 Å². The van der Waals surface area contributed by atoms with Gasteiger partial charge in [-0.05, 0) is 43.7 Å². The van der Waals surface area contributed by atoms with E-state index < -0.39 is 0 Å². The van der Waals surface area contributed by atoms with Crippen molar-refractivity contribution in [3.8, 4) is 0 Å². The third kappa shape index (κ3) is 4.64. The maximum atomic E-state index is 3.52. The van der Waals surface area contributed by atoms with Gasteiger partial charge < -0.3 is 10.6 Å². The van der Waals surface area contributed by atoms with Gasteiger partial charge in [0.15, 0.2) is 0 Å². The molecule has 3 heteroatoms. The molecule has 2 N–H and O–H groups in total. The normalized spacial score (nSPS) is 12.8. The van der Waals surface area contributed by atoms with Crippen LogP contribution in [-0.4, -0.2) is 19.1 Å². The molecule has 1 aromatic carbocycles. The largest absolute Gasteiger partial charge is 0.315 e. The molecule has 1 aromatic rings. The lowest BCUT2D eigenvalue weighted by Crippen LogP contribution is -2.35. The standard InChI is InChI=1S/C13H21BrN2/c1-4-15-8-11(3)16-9-12-5-6-13(14)7-10(12)2/h5-7,11,15-16H,4,8-9H2,1-3H3. The van der Waals surface area contributed by atoms with E-state index in [2.05, 4.69) is 65.5 Å². The molecule has 0 bridgehead atoms. The lowest BCUT2D eigenvalue weighted by molar-refractivity contribution is 0.508. The van der Waals surface area contributed by atoms with Crippen molar-refractivity contribution in [3.63, 3.8) is 0 Å². The van der Waals surface area contributed by atoms with E-state index in [1.807, 2.05) is 0 Å². The number of hydrogen-bond acceptors (Lipinski definition) is 2. The first-order valence-corrected chi connectivity index (χ1v) is 6.62. The summed E-state index contributed by atoms with van der Waals surface area (Å²) in [5.74, 6) is 0. The van der Waals surface area contributed by atoms with E-state index in [-0.39, 0.29) is 0 Å². The minimum Gasteiger partial charge on any atom is -0.315 e. The molecule has 90 valence electrons. The highest BCUT2D eigenvalue weighted by molar-refractivity contribution is 9.10. The number of likely N-dealkylation sites (N-methyl/N-ethyl adjacent to an activating group) is 1. The van der Waals surface area contributed by atoms with Crippen LogP contribution in [-0.2, 0) is 6.54 Å². The molecule has 0 aliphatic rings. The average molecular weight is 285 g/mol. The summed E-state index contributed by atoms with van der Waals surface area (Å²) in [6.45, 7) is 9.47. The quantitative estimate of drug-likeness (QED) is 0.840. The van der Waals surface area contributed by atoms with Crippen molar-refractivity contribution in [1.82, 2.24) is 10.6 Å². The molecular formula is C13H21BrN2. The van der Waals surface area contributed by atoms with E-state index in [0.717, 1.165) is 24.1 Å². The van der Waals surface area contributed by atoms with Crippen LogP contribution in [0.4, 0.5) is 0 Å². The number of halogens is 1. The van der Waals surface area contributed by atoms with Crippen LogP contribution >= 0.6 is 15.9 Å². The third-order valence-corrected chi connectivity index (χ3v) is 3.14. The van der Waals surface area contributed by atoms with Crippen LogP contribution < -0.4 is 10.6 Å². The Bertz CT molecular complexity index is 326. The predicted octanol–water partition coefficient (Wildman–Crippen LogP) is 2.85. The molecule has 16 heavy (non-hydrogen) atoms. The molecule has 0 saturated heterocycles. The molecule has 0 aromatic heterocycles. The van der Waals surface area contributed by atoms with E-state index in [9.17, 15) is 0 Å². The second-order valence-corrected chi connectivity index (χ2v) is 5.08. The van der Waals surface area contributed by atoms with E-state index in [4.69, 9.17) is 0 Å². The van der Waals surface area contributed by atoms with E-state index in [1.165, 1.54) is 11.1 Å². The number of hydrogen-bond donors (Lipinski definition) is 2. The highest BCUT2D eigenvalue weighted by atomic mass is 79.9. The Morgan fingerprint density at radius 2 is 2.12 bits per heavy atom. The van der Waals surface area contributed by atoms with Crippen molar-refractivity contribution in [2.45, 2.75) is 33.4 Å². The average Bonchev–Trinajstić information content (AvgIpc) is 2.25. The molecule has 1 unspecified atom stereocenters. The van der Waals surface area contributed by atoms with Crippen molar-refractivity contribution >= 4 is 15.9 Å². The monoisotopic (exact) mass is 284 g/mol. The Kier molecular flexibility index (Phi) is 6.03. The first-order chi connectivity index (χ1) is 7.63. The van der Waals surface area contributed by atoms with Crippen LogP contribution in [0.2, 0.25) is 0 Å². The Hall–Kier alpha value is -0.380. The van der Waals surface area contributed by atoms with Crippen LogP contribution in [0.25, 0.3) is 0 Å². The predicted molar refractivity (Wildman–Crippen MR) is 73.7 cm³/mol. The van der Waals surface area contributed by atoms with Crippen molar-refractivity contribution in [3.05, 3.63) is 33.8 Å². The molecule has 0 saturated carbocycles. The summed E-state index contributed by atoms with van der Waals surface area (Å²) >= 11 is 3.48. The molecule has 1 rings (SSSR count). The van der Waals surface area contributed by atoms with Gasteiger partial charge in [-0.2, -0.15) is 0 Å². The maximum absolute atomic E-state index is 3.52. The van der Waals surface area contributed by atoms with Gasteiger partial charge in [-0.15, -0.1) is 0 Å². The van der Waals surface area contributed by atoms with Crippen LogP contribution in [0.5, 0.6) is 0 Å². The molecule has 0 aliphatic heterocycles. The van der Waals surface area contributed by atoms with Crippen LogP contribution in [0.3, 0.4) is 0 Å². The molecule has 0 radical (unpaired) electrons. The van der Waals surface area contributed by atoms with Crippen molar-refractivity contribution in [2.24, 2.45) is 0 Å². The number of benzene rings is 1. The number of nitrogens with one attached hydrogen (secondary N) is 2. The van der Waals surface area contributed by atoms with Gasteiger partial charge in [-0.1, -0.05) is 28.9 Å². The highest BCUT2D eigenvalue weighted by Gasteiger charge is 2.02. The molecule has 0 heterocycles. The van der Waals surface area contributed by atoms with Crippen LogP contribution in [0.1, 0.15) is 25.0 Å². The summed E-state index contributed by atoms with van der Waals surface area (Å²) in [5.41, 5.74) is 2.70. The third-order valence-electron chi connectivity index (χ3n) is 2.65. The minimum atomic E-state index is 0.503. The lowest BCUT2D eigenvalue weighted by Gasteiger charge is -2.15. The summed E-state index contributed by atoms with van der Waals surface area (Å²) in [6.07, 6.45) is 0. The van der Waals surface area contributed by atoms with Gasteiger partial charge in [-0.3, -0.25) is 0 Å². The molecule has 0 fully saturated rings. The fourth-order valence-electron chi connectivity index (χ4n) is 1.57. The summed E-state index contributed by atoms with van der Waals surface area (Å²) in [4.78, 5) is 0. The number of aryl methyl sites for hydroxylation is 1. The molecule has 2 nitrogen and oxygen atoms in total. The molecule has 1 atom stereocenters. The molecule has 0 amide bonds. The Morgan fingerprint density at radius 1 is 1.38 bits per heavy atom. The fourth-order valence-corrected chi connectivity index (χ4v) is 2.05. The molecule has 0 spiro atoms. The summed E-state index contributed by atoms with van der Waals surface area (Å²) in [6, 6.07) is 6.93. The van der Waals surface area contributed by atoms with Crippen LogP contribution in [0, 0.1) is 6.92 Å². The van der Waals surface area contributed by atoms with E-state index in [0.29, 0.717) is 6.04 Å². The van der Waals surface area contributed by atoms with Gasteiger partial charge in [-0.25, -0.2) is 0 Å². The first kappa shape index (κ1) is 13.7. The zero-order valence-electron chi connectivity index (χ0n) is 10.3. The molecular weight excluding hydrogens is 264 g/mol. The summed E-state index contributed by atoms with van der Waals surface area (Å²) in [7, 11) is 0. The minimum absolute atomic E-state index is 0.503. The van der Waals surface area contributed by atoms with E-state index in [1.54, 1.807) is 0 Å². The topological polar surface area (TPSA) is 24.1 Å². The van der Waals surface area contributed by atoms with Gasteiger partial charge in [0, 0.05) is 23.6 Å². The zero-order valence-corrected chi connectivity index (χ0v) is 11.9. The Morgan fingerprint density at radius 3 is 2.75 bits per heavy atom. The van der Waals surface area contributed by atoms with Gasteiger partial charge >= 0.3 is 0 Å². The maximum Gasteiger partial charge on any atom is 0.0211 e. The highest BCUT2D eigenvalue weighted by Crippen LogP contribution is 2.15. The smallest absolute Gasteiger partial charge is 0.0211 e. The number of rotatable bonds is 6. The van der Waals surface area contributed by atoms with Crippen molar-refractivity contribution in [2.75, 3.05) is 13.1 Å². The second-order valence-electron chi connectivity index (χ2n) is 4.16. The first-order valence-electron chi connectivity index (χ1n) is 5.82. The second kappa shape index (κ2) is 7.05. The Labute approximate surface area is 107 Å². The van der Waals surface area contributed by atoms with Gasteiger partial charge in [0.1, 0.15) is 0 Å². The van der Waals surface area contributed by atoms with Gasteiger partial charge in [0.05, 0.1) is 0 Å². The Balaban J connectivity index is 2.42. The fraction of sp³-hybridized carbons (Fsp3) is 0.538. The summed E-state index contributed by atoms with van der Waals surface area (Å²) in [5, 5.41) is 6.85. The SMILES string of the molecule is CCNCC(C)NCc1ccc(Br)cc1C. The summed E-state index contributed by atoms with van der Waals surface area (Å²) < 4.78 is 1.15. The van der Waals surface area contributed by atoms with Crippen LogP contribution in [0.15, 0.2) is 22.7 Å². The zero-order chi connectivity index (χ0) is 12.0.